The highest BCUT2D eigenvalue weighted by molar-refractivity contribution is 9.10. The zero-order chi connectivity index (χ0) is 26.3. The Morgan fingerprint density at radius 2 is 1.57 bits per heavy atom. The van der Waals surface area contributed by atoms with Crippen LogP contribution in [0.3, 0.4) is 0 Å². The molecular weight excluding hydrogens is 533 g/mol. The lowest BCUT2D eigenvalue weighted by molar-refractivity contribution is -0.127. The number of rotatable bonds is 2. The summed E-state index contributed by atoms with van der Waals surface area (Å²) in [4.78, 5) is 45.2. The van der Waals surface area contributed by atoms with E-state index in [0.717, 1.165) is 15.7 Å². The van der Waals surface area contributed by atoms with E-state index < -0.39 is 34.6 Å². The van der Waals surface area contributed by atoms with Gasteiger partial charge in [-0.3, -0.25) is 14.4 Å². The van der Waals surface area contributed by atoms with E-state index in [0.29, 0.717) is 16.7 Å². The van der Waals surface area contributed by atoms with Crippen LogP contribution in [0.1, 0.15) is 58.5 Å². The second kappa shape index (κ2) is 8.06. The first kappa shape index (κ1) is 24.0. The number of carbonyl (C=O) groups excluding carboxylic acids is 3. The minimum absolute atomic E-state index is 0.0792. The third kappa shape index (κ3) is 3.21. The number of benzene rings is 3. The van der Waals surface area contributed by atoms with Gasteiger partial charge in [0.05, 0.1) is 12.1 Å². The summed E-state index contributed by atoms with van der Waals surface area (Å²) in [7, 11) is 0. The molecule has 0 bridgehead atoms. The summed E-state index contributed by atoms with van der Waals surface area (Å²) in [5.41, 5.74) is 0.708. The van der Waals surface area contributed by atoms with E-state index in [1.807, 2.05) is 56.0 Å². The van der Waals surface area contributed by atoms with Gasteiger partial charge in [-0.05, 0) is 41.5 Å². The highest BCUT2D eigenvalue weighted by Crippen LogP contribution is 2.61. The molecule has 0 saturated carbocycles. The van der Waals surface area contributed by atoms with Crippen molar-refractivity contribution in [2.75, 3.05) is 4.90 Å². The highest BCUT2D eigenvalue weighted by Gasteiger charge is 2.71. The molecular formula is C31H25BrFNO3. The molecule has 0 radical (unpaired) electrons. The van der Waals surface area contributed by atoms with Crippen molar-refractivity contribution in [3.8, 4) is 0 Å². The van der Waals surface area contributed by atoms with Crippen LogP contribution in [0.2, 0.25) is 0 Å². The van der Waals surface area contributed by atoms with Gasteiger partial charge in [0.15, 0.2) is 17.3 Å². The van der Waals surface area contributed by atoms with Crippen molar-refractivity contribution < 1.29 is 18.8 Å². The first-order valence-corrected chi connectivity index (χ1v) is 13.1. The van der Waals surface area contributed by atoms with E-state index in [-0.39, 0.29) is 17.3 Å². The molecule has 1 fully saturated rings. The van der Waals surface area contributed by atoms with Gasteiger partial charge < -0.3 is 4.90 Å². The summed E-state index contributed by atoms with van der Waals surface area (Å²) in [6.45, 7) is 5.56. The minimum atomic E-state index is -1.56. The van der Waals surface area contributed by atoms with E-state index in [9.17, 15) is 18.8 Å². The molecule has 3 aromatic carbocycles. The maximum absolute atomic E-state index is 14.4. The predicted molar refractivity (Wildman–Crippen MR) is 144 cm³/mol. The van der Waals surface area contributed by atoms with Gasteiger partial charge in [-0.2, -0.15) is 0 Å². The summed E-state index contributed by atoms with van der Waals surface area (Å²) in [6.07, 6.45) is 3.82. The normalized spacial score (nSPS) is 23.3. The van der Waals surface area contributed by atoms with Gasteiger partial charge in [0.25, 0.3) is 0 Å². The molecule has 2 heterocycles. The van der Waals surface area contributed by atoms with Crippen LogP contribution < -0.4 is 4.90 Å². The Labute approximate surface area is 223 Å². The summed E-state index contributed by atoms with van der Waals surface area (Å²) in [5.74, 6) is -1.88. The molecule has 6 heteroatoms. The van der Waals surface area contributed by atoms with E-state index in [1.54, 1.807) is 36.4 Å². The van der Waals surface area contributed by atoms with Crippen molar-refractivity contribution >= 4 is 45.0 Å². The van der Waals surface area contributed by atoms with E-state index in [2.05, 4.69) is 15.9 Å². The molecule has 0 aromatic heterocycles. The lowest BCUT2D eigenvalue weighted by Gasteiger charge is -2.38. The fourth-order valence-corrected chi connectivity index (χ4v) is 6.81. The maximum atomic E-state index is 14.4. The molecule has 1 saturated heterocycles. The molecule has 1 aliphatic carbocycles. The predicted octanol–water partition coefficient (Wildman–Crippen LogP) is 6.64. The van der Waals surface area contributed by atoms with E-state index in [1.165, 1.54) is 12.1 Å². The minimum Gasteiger partial charge on any atom is -0.352 e. The second-order valence-electron chi connectivity index (χ2n) is 11.1. The van der Waals surface area contributed by atoms with Gasteiger partial charge in [-0.15, -0.1) is 0 Å². The molecule has 2 aliphatic heterocycles. The molecule has 0 N–H and O–H groups in total. The monoisotopic (exact) mass is 557 g/mol. The number of fused-ring (bicyclic) bond motifs is 5. The Kier molecular flexibility index (Phi) is 5.22. The highest BCUT2D eigenvalue weighted by atomic mass is 79.9. The molecule has 1 spiro atoms. The first-order valence-electron chi connectivity index (χ1n) is 12.3. The number of carbonyl (C=O) groups is 3. The standard InChI is InChI=1S/C31H25BrFNO3/c1-30(2,3)29(37)26-25(17-8-12-20(33)13-9-17)31(27(35)21-6-4-5-7-22(21)28(31)36)24-15-10-18-16-19(32)11-14-23(18)34(24)26/h4-16,24-26H,1-3H3/t24-,25+,26+/m1/s1. The van der Waals surface area contributed by atoms with Crippen LogP contribution in [-0.2, 0) is 4.79 Å². The second-order valence-corrected chi connectivity index (χ2v) is 12.0. The van der Waals surface area contributed by atoms with E-state index in [4.69, 9.17) is 0 Å². The number of Topliss-reactive ketones (excluding diaryl/α,β-unsaturated/α-hetero) is 3. The summed E-state index contributed by atoms with van der Waals surface area (Å²) >= 11 is 3.53. The number of halogens is 2. The third-order valence-electron chi connectivity index (χ3n) is 8.00. The maximum Gasteiger partial charge on any atom is 0.180 e. The van der Waals surface area contributed by atoms with Crippen molar-refractivity contribution in [3.63, 3.8) is 0 Å². The van der Waals surface area contributed by atoms with Crippen molar-refractivity contribution in [2.24, 2.45) is 10.8 Å². The van der Waals surface area contributed by atoms with Crippen LogP contribution in [-0.4, -0.2) is 29.4 Å². The van der Waals surface area contributed by atoms with Gasteiger partial charge in [0, 0.05) is 32.6 Å². The summed E-state index contributed by atoms with van der Waals surface area (Å²) in [6, 6.07) is 17.1. The molecule has 6 rings (SSSR count). The lowest BCUT2D eigenvalue weighted by atomic mass is 9.63. The van der Waals surface area contributed by atoms with Gasteiger partial charge in [-0.1, -0.05) is 85.3 Å². The van der Waals surface area contributed by atoms with Crippen LogP contribution in [0.25, 0.3) is 6.08 Å². The third-order valence-corrected chi connectivity index (χ3v) is 8.50. The SMILES string of the molecule is CC(C)(C)C(=O)[C@@H]1[C@H](c2ccc(F)cc2)C2(C(=O)c3ccccc3C2=O)[C@H]2C=Cc3cc(Br)ccc3N12. The van der Waals surface area contributed by atoms with Crippen molar-refractivity contribution in [3.05, 3.63) is 105 Å². The Balaban J connectivity index is 1.70. The quantitative estimate of drug-likeness (QED) is 0.331. The first-order chi connectivity index (χ1) is 17.6. The molecule has 0 unspecified atom stereocenters. The van der Waals surface area contributed by atoms with Crippen molar-refractivity contribution in [1.82, 2.24) is 0 Å². The number of ketones is 3. The average Bonchev–Trinajstić information content (AvgIpc) is 3.29. The summed E-state index contributed by atoms with van der Waals surface area (Å²) in [5, 5.41) is 0. The van der Waals surface area contributed by atoms with Crippen molar-refractivity contribution in [2.45, 2.75) is 38.8 Å². The number of hydrogen-bond donors (Lipinski definition) is 0. The summed E-state index contributed by atoms with van der Waals surface area (Å²) < 4.78 is 14.9. The molecule has 4 nitrogen and oxygen atoms in total. The lowest BCUT2D eigenvalue weighted by Crippen LogP contribution is -2.49. The Bertz CT molecular complexity index is 1480. The number of anilines is 1. The van der Waals surface area contributed by atoms with E-state index >= 15 is 0 Å². The zero-order valence-corrected chi connectivity index (χ0v) is 22.3. The van der Waals surface area contributed by atoms with Crippen LogP contribution in [0.5, 0.6) is 0 Å². The van der Waals surface area contributed by atoms with Crippen molar-refractivity contribution in [1.29, 1.82) is 0 Å². The van der Waals surface area contributed by atoms with Gasteiger partial charge in [-0.25, -0.2) is 4.39 Å². The topological polar surface area (TPSA) is 54.5 Å². The Morgan fingerprint density at radius 3 is 2.16 bits per heavy atom. The average molecular weight is 558 g/mol. The molecule has 186 valence electrons. The zero-order valence-electron chi connectivity index (χ0n) is 20.7. The number of nitrogens with zero attached hydrogens (tertiary/aromatic N) is 1. The molecule has 37 heavy (non-hydrogen) atoms. The molecule has 3 atom stereocenters. The molecule has 0 amide bonds. The molecule has 3 aliphatic rings. The van der Waals surface area contributed by atoms with Crippen LogP contribution in [0, 0.1) is 16.6 Å². The smallest absolute Gasteiger partial charge is 0.180 e. The number of hydrogen-bond acceptors (Lipinski definition) is 4. The Morgan fingerprint density at radius 1 is 0.946 bits per heavy atom. The van der Waals surface area contributed by atoms with Gasteiger partial charge in [0.1, 0.15) is 11.2 Å². The van der Waals surface area contributed by atoms with Crippen LogP contribution in [0.4, 0.5) is 10.1 Å². The largest absolute Gasteiger partial charge is 0.352 e. The molecule has 3 aromatic rings. The van der Waals surface area contributed by atoms with Gasteiger partial charge >= 0.3 is 0 Å². The fraction of sp³-hybridized carbons (Fsp3) is 0.258. The Hall–Kier alpha value is -3.38. The fourth-order valence-electron chi connectivity index (χ4n) is 6.43. The van der Waals surface area contributed by atoms with Gasteiger partial charge in [0.2, 0.25) is 0 Å². The van der Waals surface area contributed by atoms with Crippen LogP contribution >= 0.6 is 15.9 Å². The van der Waals surface area contributed by atoms with Crippen LogP contribution in [0.15, 0.2) is 77.3 Å².